The van der Waals surface area contributed by atoms with Crippen LogP contribution in [0.5, 0.6) is 5.75 Å². The van der Waals surface area contributed by atoms with Crippen molar-refractivity contribution in [3.63, 3.8) is 0 Å². The first-order chi connectivity index (χ1) is 11.6. The molecule has 1 aromatic carbocycles. The highest BCUT2D eigenvalue weighted by Crippen LogP contribution is 2.36. The molecule has 11 heteroatoms. The summed E-state index contributed by atoms with van der Waals surface area (Å²) in [4.78, 5) is 0.0708. The molecular weight excluding hydrogens is 368 g/mol. The fraction of sp³-hybridized carbons (Fsp3) is 0.357. The molecule has 1 aliphatic rings. The number of nitrogens with one attached hydrogen (secondary N) is 2. The number of fused-ring (bicyclic) bond motifs is 1. The molecule has 9 nitrogen and oxygen atoms in total. The van der Waals surface area contributed by atoms with Gasteiger partial charge in [0.05, 0.1) is 35.6 Å². The van der Waals surface area contributed by atoms with Crippen molar-refractivity contribution < 1.29 is 21.6 Å². The van der Waals surface area contributed by atoms with E-state index in [4.69, 9.17) is 4.74 Å². The van der Waals surface area contributed by atoms with Gasteiger partial charge in [-0.05, 0) is 32.0 Å². The summed E-state index contributed by atoms with van der Waals surface area (Å²) in [5.41, 5.74) is 1.31. The Labute approximate surface area is 146 Å². The third kappa shape index (κ3) is 3.29. The number of hydrogen-bond donors (Lipinski definition) is 2. The summed E-state index contributed by atoms with van der Waals surface area (Å²) in [7, 11) is -7.36. The van der Waals surface area contributed by atoms with Crippen LogP contribution in [-0.2, 0) is 20.0 Å². The molecule has 0 amide bonds. The second-order valence-electron chi connectivity index (χ2n) is 5.73. The molecule has 3 rings (SSSR count). The summed E-state index contributed by atoms with van der Waals surface area (Å²) in [6, 6.07) is 4.50. The van der Waals surface area contributed by atoms with Gasteiger partial charge >= 0.3 is 0 Å². The molecule has 0 unspecified atom stereocenters. The first kappa shape index (κ1) is 17.5. The van der Waals surface area contributed by atoms with Gasteiger partial charge in [0.1, 0.15) is 17.3 Å². The van der Waals surface area contributed by atoms with E-state index in [0.717, 1.165) is 6.26 Å². The normalized spacial score (nSPS) is 14.8. The van der Waals surface area contributed by atoms with Gasteiger partial charge in [0.2, 0.25) is 10.0 Å². The van der Waals surface area contributed by atoms with Crippen molar-refractivity contribution >= 4 is 31.4 Å². The predicted molar refractivity (Wildman–Crippen MR) is 93.0 cm³/mol. The molecule has 1 aromatic heterocycles. The number of ether oxygens (including phenoxy) is 1. The number of hydrogen-bond acceptors (Lipinski definition) is 6. The molecule has 0 fully saturated rings. The number of H-pyrrole nitrogens is 1. The molecular formula is C14H18N4O5S2. The highest BCUT2D eigenvalue weighted by atomic mass is 32.2. The minimum Gasteiger partial charge on any atom is -0.489 e. The van der Waals surface area contributed by atoms with Gasteiger partial charge < -0.3 is 4.74 Å². The van der Waals surface area contributed by atoms with E-state index in [-0.39, 0.29) is 23.7 Å². The minimum absolute atomic E-state index is 0.0708. The molecule has 0 saturated carbocycles. The third-order valence-corrected chi connectivity index (χ3v) is 6.58. The molecule has 0 bridgehead atoms. The van der Waals surface area contributed by atoms with Crippen molar-refractivity contribution in [1.29, 1.82) is 0 Å². The number of aromatic amines is 1. The lowest BCUT2D eigenvalue weighted by atomic mass is 10.2. The van der Waals surface area contributed by atoms with Crippen LogP contribution in [0.3, 0.4) is 0 Å². The maximum Gasteiger partial charge on any atom is 0.265 e. The van der Waals surface area contributed by atoms with Crippen LogP contribution in [-0.4, -0.2) is 46.4 Å². The molecule has 136 valence electrons. The Morgan fingerprint density at radius 1 is 1.24 bits per heavy atom. The van der Waals surface area contributed by atoms with E-state index >= 15 is 0 Å². The third-order valence-electron chi connectivity index (χ3n) is 3.76. The molecule has 0 radical (unpaired) electrons. The topological polar surface area (TPSA) is 121 Å². The SMILES string of the molecule is Cc1n[nH]c(C)c1S(=O)(=O)Nc1ccc2c(c1)N(S(C)(=O)=O)CCO2. The number of rotatable bonds is 4. The van der Waals surface area contributed by atoms with Crippen LogP contribution in [0.2, 0.25) is 0 Å². The van der Waals surface area contributed by atoms with E-state index < -0.39 is 20.0 Å². The summed E-state index contributed by atoms with van der Waals surface area (Å²) < 4.78 is 58.2. The first-order valence-corrected chi connectivity index (χ1v) is 10.7. The van der Waals surface area contributed by atoms with Crippen LogP contribution in [0.4, 0.5) is 11.4 Å². The molecule has 2 heterocycles. The average molecular weight is 386 g/mol. The fourth-order valence-electron chi connectivity index (χ4n) is 2.74. The molecule has 2 aromatic rings. The molecule has 25 heavy (non-hydrogen) atoms. The van der Waals surface area contributed by atoms with Gasteiger partial charge in [0, 0.05) is 0 Å². The van der Waals surface area contributed by atoms with Crippen LogP contribution >= 0.6 is 0 Å². The van der Waals surface area contributed by atoms with Gasteiger partial charge in [-0.3, -0.25) is 14.1 Å². The highest BCUT2D eigenvalue weighted by molar-refractivity contribution is 7.93. The van der Waals surface area contributed by atoms with E-state index in [1.807, 2.05) is 0 Å². The van der Waals surface area contributed by atoms with Crippen molar-refractivity contribution in [2.45, 2.75) is 18.7 Å². The van der Waals surface area contributed by atoms with Crippen LogP contribution in [0.15, 0.2) is 23.1 Å². The molecule has 0 spiro atoms. The lowest BCUT2D eigenvalue weighted by Gasteiger charge is -2.29. The van der Waals surface area contributed by atoms with Crippen LogP contribution < -0.4 is 13.8 Å². The van der Waals surface area contributed by atoms with Crippen molar-refractivity contribution in [3.05, 3.63) is 29.6 Å². The summed E-state index contributed by atoms with van der Waals surface area (Å²) in [6.45, 7) is 3.60. The predicted octanol–water partition coefficient (Wildman–Crippen LogP) is 0.986. The quantitative estimate of drug-likeness (QED) is 0.808. The number of aryl methyl sites for hydroxylation is 2. The number of nitrogens with zero attached hydrogens (tertiary/aromatic N) is 2. The van der Waals surface area contributed by atoms with Crippen molar-refractivity contribution in [3.8, 4) is 5.75 Å². The zero-order valence-electron chi connectivity index (χ0n) is 13.9. The van der Waals surface area contributed by atoms with Crippen LogP contribution in [0.1, 0.15) is 11.4 Å². The Morgan fingerprint density at radius 2 is 1.96 bits per heavy atom. The molecule has 0 saturated heterocycles. The Morgan fingerprint density at radius 3 is 2.56 bits per heavy atom. The Hall–Kier alpha value is -2.27. The average Bonchev–Trinajstić information content (AvgIpc) is 2.85. The first-order valence-electron chi connectivity index (χ1n) is 7.38. The number of aromatic nitrogens is 2. The Bertz CT molecular complexity index is 1010. The van der Waals surface area contributed by atoms with Crippen molar-refractivity contribution in [1.82, 2.24) is 10.2 Å². The van der Waals surface area contributed by atoms with Gasteiger partial charge in [-0.2, -0.15) is 5.10 Å². The van der Waals surface area contributed by atoms with Gasteiger partial charge in [-0.25, -0.2) is 16.8 Å². The molecule has 0 aliphatic carbocycles. The minimum atomic E-state index is -3.86. The van der Waals surface area contributed by atoms with Gasteiger partial charge in [-0.1, -0.05) is 0 Å². The maximum absolute atomic E-state index is 12.6. The molecule has 2 N–H and O–H groups in total. The number of anilines is 2. The molecule has 0 atom stereocenters. The van der Waals surface area contributed by atoms with Crippen LogP contribution in [0, 0.1) is 13.8 Å². The smallest absolute Gasteiger partial charge is 0.265 e. The molecule has 1 aliphatic heterocycles. The Kier molecular flexibility index (Phi) is 4.15. The monoisotopic (exact) mass is 386 g/mol. The van der Waals surface area contributed by atoms with E-state index in [1.54, 1.807) is 19.9 Å². The summed E-state index contributed by atoms with van der Waals surface area (Å²) >= 11 is 0. The van der Waals surface area contributed by atoms with Crippen molar-refractivity contribution in [2.75, 3.05) is 28.4 Å². The lowest BCUT2D eigenvalue weighted by molar-refractivity contribution is 0.316. The Balaban J connectivity index is 2.00. The highest BCUT2D eigenvalue weighted by Gasteiger charge is 2.27. The zero-order valence-corrected chi connectivity index (χ0v) is 15.5. The maximum atomic E-state index is 12.6. The largest absolute Gasteiger partial charge is 0.489 e. The standard InChI is InChI=1S/C14H18N4O5S2/c1-9-14(10(2)16-15-9)25(21,22)17-11-4-5-13-12(8-11)18(6-7-23-13)24(3,19)20/h4-5,8,17H,6-7H2,1-3H3,(H,15,16). The summed E-state index contributed by atoms with van der Waals surface area (Å²) in [5.74, 6) is 0.385. The van der Waals surface area contributed by atoms with Crippen LogP contribution in [0.25, 0.3) is 0 Å². The summed E-state index contributed by atoms with van der Waals surface area (Å²) in [5, 5.41) is 6.52. The summed E-state index contributed by atoms with van der Waals surface area (Å²) in [6.07, 6.45) is 1.09. The number of sulfonamides is 2. The van der Waals surface area contributed by atoms with E-state index in [0.29, 0.717) is 22.8 Å². The second kappa shape index (κ2) is 5.92. The zero-order chi connectivity index (χ0) is 18.4. The lowest BCUT2D eigenvalue weighted by Crippen LogP contribution is -2.37. The number of benzene rings is 1. The fourth-order valence-corrected chi connectivity index (χ4v) is 5.07. The van der Waals surface area contributed by atoms with E-state index in [2.05, 4.69) is 14.9 Å². The van der Waals surface area contributed by atoms with Gasteiger partial charge in [0.15, 0.2) is 0 Å². The van der Waals surface area contributed by atoms with E-state index in [9.17, 15) is 16.8 Å². The van der Waals surface area contributed by atoms with E-state index in [1.165, 1.54) is 16.4 Å². The van der Waals surface area contributed by atoms with Crippen molar-refractivity contribution in [2.24, 2.45) is 0 Å². The second-order valence-corrected chi connectivity index (χ2v) is 9.26. The van der Waals surface area contributed by atoms with Gasteiger partial charge in [-0.15, -0.1) is 0 Å². The van der Waals surface area contributed by atoms with Gasteiger partial charge in [0.25, 0.3) is 10.0 Å².